The van der Waals surface area contributed by atoms with Crippen molar-refractivity contribution in [2.24, 2.45) is 17.4 Å². The highest BCUT2D eigenvalue weighted by atomic mass is 16.5. The predicted octanol–water partition coefficient (Wildman–Crippen LogP) is 1.03. The largest absolute Gasteiger partial charge is 0.378 e. The second-order valence-corrected chi connectivity index (χ2v) is 4.85. The number of ether oxygens (including phenoxy) is 1. The molecule has 0 radical (unpaired) electrons. The maximum Gasteiger partial charge on any atom is 0.237 e. The lowest BCUT2D eigenvalue weighted by Gasteiger charge is -2.24. The molecular weight excluding hydrogens is 192 g/mol. The van der Waals surface area contributed by atoms with Gasteiger partial charge in [0.2, 0.25) is 5.91 Å². The van der Waals surface area contributed by atoms with E-state index in [2.05, 4.69) is 13.8 Å². The zero-order valence-electron chi connectivity index (χ0n) is 10.2. The molecule has 2 atom stereocenters. The van der Waals surface area contributed by atoms with E-state index in [9.17, 15) is 4.79 Å². The number of nitrogens with two attached hydrogens (primary N) is 2. The average Bonchev–Trinajstić information content (AvgIpc) is 2.01. The Morgan fingerprint density at radius 3 is 2.33 bits per heavy atom. The van der Waals surface area contributed by atoms with Gasteiger partial charge in [0.15, 0.2) is 0 Å². The van der Waals surface area contributed by atoms with E-state index >= 15 is 0 Å². The summed E-state index contributed by atoms with van der Waals surface area (Å²) in [7, 11) is 0. The number of carbonyl (C=O) groups excluding carboxylic acids is 1. The van der Waals surface area contributed by atoms with E-state index in [0.29, 0.717) is 18.9 Å². The predicted molar refractivity (Wildman–Crippen MR) is 61.3 cm³/mol. The summed E-state index contributed by atoms with van der Waals surface area (Å²) in [6.45, 7) is 8.54. The van der Waals surface area contributed by atoms with Crippen molar-refractivity contribution in [3.8, 4) is 0 Å². The summed E-state index contributed by atoms with van der Waals surface area (Å²) in [6, 6.07) is 0. The molecule has 0 saturated heterocycles. The number of amides is 1. The number of primary amides is 1. The first-order valence-corrected chi connectivity index (χ1v) is 5.46. The number of hydrogen-bond donors (Lipinski definition) is 2. The minimum Gasteiger partial charge on any atom is -0.378 e. The van der Waals surface area contributed by atoms with Crippen LogP contribution in [0.1, 0.15) is 40.5 Å². The third-order valence-corrected chi connectivity index (χ3v) is 2.37. The first-order valence-electron chi connectivity index (χ1n) is 5.46. The number of carbonyl (C=O) groups is 1. The fourth-order valence-corrected chi connectivity index (χ4v) is 1.26. The summed E-state index contributed by atoms with van der Waals surface area (Å²) in [5.41, 5.74) is 9.94. The van der Waals surface area contributed by atoms with Gasteiger partial charge in [-0.15, -0.1) is 0 Å². The van der Waals surface area contributed by atoms with Gasteiger partial charge in [-0.05, 0) is 32.6 Å². The molecule has 15 heavy (non-hydrogen) atoms. The Hall–Kier alpha value is -0.610. The standard InChI is InChI=1S/C11H24N2O2/c1-8(2)5-6-15-9(3)7-11(4,13)10(12)14/h8-9H,5-7,13H2,1-4H3,(H2,12,14). The highest BCUT2D eigenvalue weighted by molar-refractivity contribution is 5.83. The molecule has 0 aliphatic heterocycles. The molecule has 0 heterocycles. The Labute approximate surface area is 92.3 Å². The molecule has 4 N–H and O–H groups in total. The summed E-state index contributed by atoms with van der Waals surface area (Å²) in [5.74, 6) is 0.138. The van der Waals surface area contributed by atoms with Gasteiger partial charge >= 0.3 is 0 Å². The molecule has 0 aromatic heterocycles. The Balaban J connectivity index is 3.83. The van der Waals surface area contributed by atoms with Gasteiger partial charge in [-0.2, -0.15) is 0 Å². The molecule has 0 aliphatic carbocycles. The first kappa shape index (κ1) is 14.4. The third kappa shape index (κ3) is 6.47. The normalized spacial score (nSPS) is 17.5. The van der Waals surface area contributed by atoms with Gasteiger partial charge in [-0.3, -0.25) is 4.79 Å². The second kappa shape index (κ2) is 6.08. The lowest BCUT2D eigenvalue weighted by atomic mass is 9.95. The molecule has 0 fully saturated rings. The van der Waals surface area contributed by atoms with Crippen molar-refractivity contribution in [2.75, 3.05) is 6.61 Å². The van der Waals surface area contributed by atoms with Gasteiger partial charge in [-0.1, -0.05) is 13.8 Å². The zero-order valence-corrected chi connectivity index (χ0v) is 10.2. The summed E-state index contributed by atoms with van der Waals surface area (Å²) in [6.07, 6.45) is 1.44. The molecule has 0 rings (SSSR count). The van der Waals surface area contributed by atoms with Crippen LogP contribution in [0.4, 0.5) is 0 Å². The van der Waals surface area contributed by atoms with Crippen molar-refractivity contribution in [3.05, 3.63) is 0 Å². The van der Waals surface area contributed by atoms with E-state index in [0.717, 1.165) is 6.42 Å². The van der Waals surface area contributed by atoms with E-state index in [-0.39, 0.29) is 6.10 Å². The fraction of sp³-hybridized carbons (Fsp3) is 0.909. The van der Waals surface area contributed by atoms with E-state index in [1.807, 2.05) is 6.92 Å². The maximum atomic E-state index is 11.0. The smallest absolute Gasteiger partial charge is 0.237 e. The minimum atomic E-state index is -0.975. The summed E-state index contributed by atoms with van der Waals surface area (Å²) < 4.78 is 5.55. The lowest BCUT2D eigenvalue weighted by Crippen LogP contribution is -2.51. The Morgan fingerprint density at radius 1 is 1.40 bits per heavy atom. The first-order chi connectivity index (χ1) is 6.75. The van der Waals surface area contributed by atoms with E-state index in [4.69, 9.17) is 16.2 Å². The molecule has 2 unspecified atom stereocenters. The van der Waals surface area contributed by atoms with Gasteiger partial charge in [0, 0.05) is 6.61 Å². The van der Waals surface area contributed by atoms with Crippen LogP contribution in [0.2, 0.25) is 0 Å². The van der Waals surface area contributed by atoms with Gasteiger partial charge in [0.05, 0.1) is 11.6 Å². The third-order valence-electron chi connectivity index (χ3n) is 2.37. The Kier molecular flexibility index (Phi) is 5.83. The van der Waals surface area contributed by atoms with Crippen molar-refractivity contribution in [3.63, 3.8) is 0 Å². The van der Waals surface area contributed by atoms with Crippen molar-refractivity contribution in [1.82, 2.24) is 0 Å². The minimum absolute atomic E-state index is 0.0359. The molecule has 90 valence electrons. The van der Waals surface area contributed by atoms with Crippen molar-refractivity contribution in [1.29, 1.82) is 0 Å². The summed E-state index contributed by atoms with van der Waals surface area (Å²) in [5, 5.41) is 0. The molecule has 4 nitrogen and oxygen atoms in total. The molecule has 4 heteroatoms. The van der Waals surface area contributed by atoms with Crippen LogP contribution in [-0.4, -0.2) is 24.2 Å². The van der Waals surface area contributed by atoms with Crippen LogP contribution in [0.5, 0.6) is 0 Å². The van der Waals surface area contributed by atoms with Crippen LogP contribution < -0.4 is 11.5 Å². The maximum absolute atomic E-state index is 11.0. The highest BCUT2D eigenvalue weighted by Crippen LogP contribution is 2.12. The molecule has 0 saturated carbocycles. The van der Waals surface area contributed by atoms with Gasteiger partial charge in [0.25, 0.3) is 0 Å². The number of hydrogen-bond acceptors (Lipinski definition) is 3. The Morgan fingerprint density at radius 2 is 1.93 bits per heavy atom. The average molecular weight is 216 g/mol. The molecule has 0 bridgehead atoms. The van der Waals surface area contributed by atoms with Crippen LogP contribution in [0.3, 0.4) is 0 Å². The number of rotatable bonds is 7. The topological polar surface area (TPSA) is 78.3 Å². The quantitative estimate of drug-likeness (QED) is 0.667. The van der Waals surface area contributed by atoms with E-state index in [1.165, 1.54) is 0 Å². The van der Waals surface area contributed by atoms with Gasteiger partial charge < -0.3 is 16.2 Å². The van der Waals surface area contributed by atoms with E-state index in [1.54, 1.807) is 6.92 Å². The summed E-state index contributed by atoms with van der Waals surface area (Å²) >= 11 is 0. The van der Waals surface area contributed by atoms with Crippen LogP contribution in [0.25, 0.3) is 0 Å². The van der Waals surface area contributed by atoms with Crippen molar-refractivity contribution >= 4 is 5.91 Å². The van der Waals surface area contributed by atoms with Crippen LogP contribution >= 0.6 is 0 Å². The van der Waals surface area contributed by atoms with Gasteiger partial charge in [0.1, 0.15) is 0 Å². The fourth-order valence-electron chi connectivity index (χ4n) is 1.26. The van der Waals surface area contributed by atoms with Crippen molar-refractivity contribution in [2.45, 2.75) is 52.2 Å². The molecule has 0 spiro atoms. The van der Waals surface area contributed by atoms with Crippen LogP contribution in [0.15, 0.2) is 0 Å². The molecule has 0 aromatic carbocycles. The molecule has 1 amide bonds. The second-order valence-electron chi connectivity index (χ2n) is 4.85. The monoisotopic (exact) mass is 216 g/mol. The zero-order chi connectivity index (χ0) is 12.1. The lowest BCUT2D eigenvalue weighted by molar-refractivity contribution is -0.124. The highest BCUT2D eigenvalue weighted by Gasteiger charge is 2.28. The Bertz CT molecular complexity index is 203. The molecule has 0 aromatic rings. The van der Waals surface area contributed by atoms with E-state index < -0.39 is 11.4 Å². The van der Waals surface area contributed by atoms with Crippen LogP contribution in [-0.2, 0) is 9.53 Å². The van der Waals surface area contributed by atoms with Crippen molar-refractivity contribution < 1.29 is 9.53 Å². The molecule has 0 aliphatic rings. The SMILES string of the molecule is CC(C)CCOC(C)CC(C)(N)C(N)=O. The molecular formula is C11H24N2O2. The van der Waals surface area contributed by atoms with Gasteiger partial charge in [-0.25, -0.2) is 0 Å². The van der Waals surface area contributed by atoms with Crippen LogP contribution in [0, 0.1) is 5.92 Å². The summed E-state index contributed by atoms with van der Waals surface area (Å²) in [4.78, 5) is 11.0.